The van der Waals surface area contributed by atoms with Crippen molar-refractivity contribution in [2.24, 2.45) is 11.1 Å². The van der Waals surface area contributed by atoms with E-state index < -0.39 is 5.91 Å². The van der Waals surface area contributed by atoms with E-state index in [2.05, 4.69) is 47.6 Å². The molecule has 1 aliphatic rings. The minimum atomic E-state index is -0.509. The van der Waals surface area contributed by atoms with Crippen molar-refractivity contribution in [2.75, 3.05) is 56.6 Å². The van der Waals surface area contributed by atoms with Crippen molar-refractivity contribution in [1.29, 1.82) is 0 Å². The zero-order chi connectivity index (χ0) is 23.5. The Morgan fingerprint density at radius 1 is 1.16 bits per heavy atom. The molecular weight excluding hydrogens is 406 g/mol. The van der Waals surface area contributed by atoms with Gasteiger partial charge in [0, 0.05) is 38.8 Å². The molecule has 174 valence electrons. The first-order valence-corrected chi connectivity index (χ1v) is 11.0. The zero-order valence-electron chi connectivity index (χ0n) is 20.1. The van der Waals surface area contributed by atoms with Gasteiger partial charge in [-0.15, -0.1) is 0 Å². The third-order valence-electron chi connectivity index (χ3n) is 5.32. The van der Waals surface area contributed by atoms with Gasteiger partial charge in [-0.3, -0.25) is 4.79 Å². The predicted molar refractivity (Wildman–Crippen MR) is 127 cm³/mol. The summed E-state index contributed by atoms with van der Waals surface area (Å²) in [4.78, 5) is 32.1. The fourth-order valence-corrected chi connectivity index (χ4v) is 3.68. The van der Waals surface area contributed by atoms with Crippen LogP contribution in [-0.4, -0.2) is 72.6 Å². The van der Waals surface area contributed by atoms with Crippen LogP contribution in [-0.2, 0) is 0 Å². The van der Waals surface area contributed by atoms with Crippen LogP contribution in [0, 0.1) is 12.3 Å². The highest BCUT2D eigenvalue weighted by molar-refractivity contribution is 5.93. The van der Waals surface area contributed by atoms with Gasteiger partial charge in [-0.2, -0.15) is 15.0 Å². The largest absolute Gasteiger partial charge is 0.424 e. The standard InChI is InChI=1S/C23H35N7O2/c1-16-8-9-17(19(24)31)14-18(16)32-22-26-20(29(6)15-23(2,3)4)25-21(27-22)30-11-7-10-28(5)12-13-30/h8-9,14H,7,10-13,15H2,1-6H3,(H2,24,31). The van der Waals surface area contributed by atoms with E-state index >= 15 is 0 Å². The zero-order valence-corrected chi connectivity index (χ0v) is 20.1. The quantitative estimate of drug-likeness (QED) is 0.730. The average Bonchev–Trinajstić information content (AvgIpc) is 2.92. The summed E-state index contributed by atoms with van der Waals surface area (Å²) in [6, 6.07) is 5.31. The fraction of sp³-hybridized carbons (Fsp3) is 0.565. The number of carbonyl (C=O) groups excluding carboxylic acids is 1. The van der Waals surface area contributed by atoms with Crippen LogP contribution in [0.15, 0.2) is 18.2 Å². The maximum atomic E-state index is 11.6. The highest BCUT2D eigenvalue weighted by Crippen LogP contribution is 2.27. The van der Waals surface area contributed by atoms with Crippen molar-refractivity contribution < 1.29 is 9.53 Å². The molecule has 0 bridgehead atoms. The Morgan fingerprint density at radius 2 is 1.91 bits per heavy atom. The summed E-state index contributed by atoms with van der Waals surface area (Å²) in [6.45, 7) is 12.9. The van der Waals surface area contributed by atoms with Crippen LogP contribution in [0.3, 0.4) is 0 Å². The van der Waals surface area contributed by atoms with Gasteiger partial charge < -0.3 is 25.2 Å². The SMILES string of the molecule is Cc1ccc(C(N)=O)cc1Oc1nc(N(C)CC(C)(C)C)nc(N2CCCN(C)CC2)n1. The second-order valence-electron chi connectivity index (χ2n) is 9.73. The first kappa shape index (κ1) is 23.7. The van der Waals surface area contributed by atoms with Crippen molar-refractivity contribution >= 4 is 17.8 Å². The van der Waals surface area contributed by atoms with E-state index in [0.29, 0.717) is 23.2 Å². The monoisotopic (exact) mass is 441 g/mol. The minimum Gasteiger partial charge on any atom is -0.424 e. The predicted octanol–water partition coefficient (Wildman–Crippen LogP) is 2.70. The van der Waals surface area contributed by atoms with E-state index in [4.69, 9.17) is 15.5 Å². The number of rotatable bonds is 6. The number of carbonyl (C=O) groups is 1. The van der Waals surface area contributed by atoms with Gasteiger partial charge >= 0.3 is 6.01 Å². The number of hydrogen-bond acceptors (Lipinski definition) is 8. The van der Waals surface area contributed by atoms with Crippen LogP contribution >= 0.6 is 0 Å². The first-order chi connectivity index (χ1) is 15.0. The number of amides is 1. The molecule has 3 rings (SSSR count). The smallest absolute Gasteiger partial charge is 0.328 e. The number of primary amides is 1. The first-order valence-electron chi connectivity index (χ1n) is 11.0. The van der Waals surface area contributed by atoms with Gasteiger partial charge in [-0.05, 0) is 50.0 Å². The Labute approximate surface area is 190 Å². The summed E-state index contributed by atoms with van der Waals surface area (Å²) >= 11 is 0. The molecule has 1 aliphatic heterocycles. The van der Waals surface area contributed by atoms with E-state index in [1.807, 2.05) is 18.9 Å². The summed E-state index contributed by atoms with van der Waals surface area (Å²) < 4.78 is 6.07. The maximum absolute atomic E-state index is 11.6. The van der Waals surface area contributed by atoms with E-state index in [-0.39, 0.29) is 11.4 Å². The van der Waals surface area contributed by atoms with Gasteiger partial charge in [0.2, 0.25) is 17.8 Å². The van der Waals surface area contributed by atoms with Gasteiger partial charge in [0.15, 0.2) is 0 Å². The maximum Gasteiger partial charge on any atom is 0.328 e. The summed E-state index contributed by atoms with van der Waals surface area (Å²) in [6.07, 6.45) is 1.03. The summed E-state index contributed by atoms with van der Waals surface area (Å²) in [5.41, 5.74) is 6.75. The van der Waals surface area contributed by atoms with Gasteiger partial charge in [0.05, 0.1) is 0 Å². The van der Waals surface area contributed by atoms with Crippen molar-refractivity contribution in [1.82, 2.24) is 19.9 Å². The lowest BCUT2D eigenvalue weighted by molar-refractivity contribution is 0.1000. The van der Waals surface area contributed by atoms with Crippen molar-refractivity contribution in [3.63, 3.8) is 0 Å². The molecule has 1 aromatic carbocycles. The third-order valence-corrected chi connectivity index (χ3v) is 5.32. The average molecular weight is 442 g/mol. The summed E-state index contributed by atoms with van der Waals surface area (Å²) in [5, 5.41) is 0. The highest BCUT2D eigenvalue weighted by Gasteiger charge is 2.22. The lowest BCUT2D eigenvalue weighted by Gasteiger charge is -2.28. The molecule has 2 heterocycles. The molecule has 32 heavy (non-hydrogen) atoms. The molecule has 0 unspecified atom stereocenters. The lowest BCUT2D eigenvalue weighted by atomic mass is 9.96. The Hall–Kier alpha value is -2.94. The molecule has 1 aromatic heterocycles. The molecule has 0 aliphatic carbocycles. The summed E-state index contributed by atoms with van der Waals surface area (Å²) in [7, 11) is 4.10. The number of hydrogen-bond donors (Lipinski definition) is 1. The van der Waals surface area contributed by atoms with E-state index in [1.165, 1.54) is 0 Å². The molecule has 2 aromatic rings. The van der Waals surface area contributed by atoms with Crippen molar-refractivity contribution in [3.05, 3.63) is 29.3 Å². The number of aryl methyl sites for hydroxylation is 1. The van der Waals surface area contributed by atoms with Crippen LogP contribution in [0.4, 0.5) is 11.9 Å². The van der Waals surface area contributed by atoms with Crippen LogP contribution in [0.2, 0.25) is 0 Å². The number of aromatic nitrogens is 3. The van der Waals surface area contributed by atoms with Gasteiger partial charge in [0.25, 0.3) is 0 Å². The van der Waals surface area contributed by atoms with Crippen LogP contribution in [0.5, 0.6) is 11.8 Å². The molecule has 9 heteroatoms. The van der Waals surface area contributed by atoms with Crippen LogP contribution < -0.4 is 20.3 Å². The second-order valence-corrected chi connectivity index (χ2v) is 9.73. The number of anilines is 2. The van der Waals surface area contributed by atoms with E-state index in [0.717, 1.165) is 44.7 Å². The molecule has 2 N–H and O–H groups in total. The molecule has 1 saturated heterocycles. The molecule has 0 atom stereocenters. The molecule has 0 spiro atoms. The Bertz CT molecular complexity index is 958. The summed E-state index contributed by atoms with van der Waals surface area (Å²) in [5.74, 6) is 1.15. The highest BCUT2D eigenvalue weighted by atomic mass is 16.5. The number of likely N-dealkylation sites (N-methyl/N-ethyl adjacent to an activating group) is 1. The van der Waals surface area contributed by atoms with Gasteiger partial charge in [-0.1, -0.05) is 26.8 Å². The van der Waals surface area contributed by atoms with Crippen LogP contribution in [0.1, 0.15) is 43.1 Å². The second kappa shape index (κ2) is 9.68. The molecule has 0 radical (unpaired) electrons. The third kappa shape index (κ3) is 6.29. The van der Waals surface area contributed by atoms with E-state index in [9.17, 15) is 4.79 Å². The van der Waals surface area contributed by atoms with Crippen LogP contribution in [0.25, 0.3) is 0 Å². The minimum absolute atomic E-state index is 0.0697. The Balaban J connectivity index is 1.98. The molecule has 0 saturated carbocycles. The molecule has 9 nitrogen and oxygen atoms in total. The molecule has 1 fully saturated rings. The Kier molecular flexibility index (Phi) is 7.18. The topological polar surface area (TPSA) is 101 Å². The Morgan fingerprint density at radius 3 is 2.59 bits per heavy atom. The van der Waals surface area contributed by atoms with Gasteiger partial charge in [-0.25, -0.2) is 0 Å². The van der Waals surface area contributed by atoms with Gasteiger partial charge in [0.1, 0.15) is 5.75 Å². The molecular formula is C23H35N7O2. The number of benzene rings is 1. The van der Waals surface area contributed by atoms with E-state index in [1.54, 1.807) is 18.2 Å². The number of nitrogens with zero attached hydrogens (tertiary/aromatic N) is 6. The van der Waals surface area contributed by atoms with Crippen molar-refractivity contribution in [3.8, 4) is 11.8 Å². The fourth-order valence-electron chi connectivity index (χ4n) is 3.68. The van der Waals surface area contributed by atoms with Crippen molar-refractivity contribution in [2.45, 2.75) is 34.1 Å². The normalized spacial score (nSPS) is 15.4. The number of nitrogens with two attached hydrogens (primary N) is 1. The number of ether oxygens (including phenoxy) is 1. The molecule has 1 amide bonds. The lowest BCUT2D eigenvalue weighted by Crippen LogP contribution is -2.33.